The molecule has 0 bridgehead atoms. The zero-order valence-electron chi connectivity index (χ0n) is 10.8. The third-order valence-electron chi connectivity index (χ3n) is 2.82. The second-order valence-corrected chi connectivity index (χ2v) is 5.08. The lowest BCUT2D eigenvalue weighted by Crippen LogP contribution is -1.97. The molecule has 2 aromatic rings. The Kier molecular flexibility index (Phi) is 3.76. The summed E-state index contributed by atoms with van der Waals surface area (Å²) in [4.78, 5) is 12.2. The molecular formula is C14H15NO3S. The number of benzene rings is 1. The van der Waals surface area contributed by atoms with Gasteiger partial charge in [-0.3, -0.25) is 0 Å². The second kappa shape index (κ2) is 5.32. The van der Waals surface area contributed by atoms with Crippen molar-refractivity contribution in [3.8, 4) is 16.2 Å². The van der Waals surface area contributed by atoms with Gasteiger partial charge in [-0.1, -0.05) is 0 Å². The zero-order chi connectivity index (χ0) is 14.0. The number of thiophene rings is 1. The Morgan fingerprint density at radius 1 is 1.37 bits per heavy atom. The summed E-state index contributed by atoms with van der Waals surface area (Å²) in [6.07, 6.45) is 0. The summed E-state index contributed by atoms with van der Waals surface area (Å²) in [6, 6.07) is 7.56. The van der Waals surface area contributed by atoms with Crippen LogP contribution in [-0.4, -0.2) is 17.7 Å². The maximum Gasteiger partial charge on any atom is 0.348 e. The van der Waals surface area contributed by atoms with Crippen molar-refractivity contribution in [1.29, 1.82) is 0 Å². The van der Waals surface area contributed by atoms with Gasteiger partial charge >= 0.3 is 5.97 Å². The maximum absolute atomic E-state index is 11.1. The van der Waals surface area contributed by atoms with Crippen LogP contribution in [0.15, 0.2) is 24.3 Å². The minimum Gasteiger partial charge on any atom is -0.494 e. The second-order valence-electron chi connectivity index (χ2n) is 4.06. The summed E-state index contributed by atoms with van der Waals surface area (Å²) in [7, 11) is 0. The highest BCUT2D eigenvalue weighted by Gasteiger charge is 2.18. The van der Waals surface area contributed by atoms with Crippen LogP contribution < -0.4 is 10.5 Å². The number of nitrogen functional groups attached to an aromatic ring is 1. The molecule has 0 spiro atoms. The fourth-order valence-electron chi connectivity index (χ4n) is 1.83. The Balaban J connectivity index is 2.41. The van der Waals surface area contributed by atoms with Crippen molar-refractivity contribution >= 4 is 23.0 Å². The van der Waals surface area contributed by atoms with E-state index in [1.54, 1.807) is 0 Å². The van der Waals surface area contributed by atoms with Gasteiger partial charge in [-0.2, -0.15) is 0 Å². The third-order valence-corrected chi connectivity index (χ3v) is 4.16. The van der Waals surface area contributed by atoms with Gasteiger partial charge in [-0.15, -0.1) is 11.3 Å². The molecule has 0 aliphatic heterocycles. The summed E-state index contributed by atoms with van der Waals surface area (Å²) in [6.45, 7) is 4.38. The molecule has 0 aliphatic carbocycles. The van der Waals surface area contributed by atoms with E-state index in [-0.39, 0.29) is 4.88 Å². The number of hydrogen-bond donors (Lipinski definition) is 2. The predicted octanol–water partition coefficient (Wildman–Crippen LogP) is 3.40. The van der Waals surface area contributed by atoms with E-state index >= 15 is 0 Å². The summed E-state index contributed by atoms with van der Waals surface area (Å²) in [5.74, 6) is -0.185. The summed E-state index contributed by atoms with van der Waals surface area (Å²) < 4.78 is 5.38. The van der Waals surface area contributed by atoms with Crippen LogP contribution in [0, 0.1) is 6.92 Å². The number of ether oxygens (including phenoxy) is 1. The molecule has 0 atom stereocenters. The van der Waals surface area contributed by atoms with Crippen LogP contribution in [0.5, 0.6) is 5.75 Å². The highest BCUT2D eigenvalue weighted by atomic mass is 32.1. The van der Waals surface area contributed by atoms with E-state index in [4.69, 9.17) is 15.6 Å². The van der Waals surface area contributed by atoms with Gasteiger partial charge in [0.25, 0.3) is 0 Å². The summed E-state index contributed by atoms with van der Waals surface area (Å²) in [5.41, 5.74) is 7.93. The first-order valence-electron chi connectivity index (χ1n) is 5.90. The SMILES string of the molecule is CCOc1ccc(-c2sc(C(=O)O)c(N)c2C)cc1. The van der Waals surface area contributed by atoms with E-state index in [2.05, 4.69) is 0 Å². The Morgan fingerprint density at radius 3 is 2.47 bits per heavy atom. The molecule has 19 heavy (non-hydrogen) atoms. The minimum absolute atomic E-state index is 0.196. The van der Waals surface area contributed by atoms with Crippen molar-refractivity contribution in [2.45, 2.75) is 13.8 Å². The lowest BCUT2D eigenvalue weighted by atomic mass is 10.1. The number of carboxylic acid groups (broad SMARTS) is 1. The van der Waals surface area contributed by atoms with E-state index < -0.39 is 5.97 Å². The zero-order valence-corrected chi connectivity index (χ0v) is 11.6. The Labute approximate surface area is 115 Å². The molecule has 1 aromatic carbocycles. The minimum atomic E-state index is -0.984. The predicted molar refractivity (Wildman–Crippen MR) is 77.0 cm³/mol. The highest BCUT2D eigenvalue weighted by Crippen LogP contribution is 2.38. The number of carbonyl (C=O) groups is 1. The number of rotatable bonds is 4. The van der Waals surface area contributed by atoms with Crippen LogP contribution in [0.1, 0.15) is 22.2 Å². The first-order chi connectivity index (χ1) is 9.04. The van der Waals surface area contributed by atoms with E-state index in [0.717, 1.165) is 21.8 Å². The van der Waals surface area contributed by atoms with Gasteiger partial charge in [-0.25, -0.2) is 4.79 Å². The standard InChI is InChI=1S/C14H15NO3S/c1-3-18-10-6-4-9(5-7-10)12-8(2)11(15)13(19-12)14(16)17/h4-7H,3,15H2,1-2H3,(H,16,17). The molecule has 100 valence electrons. The number of anilines is 1. The highest BCUT2D eigenvalue weighted by molar-refractivity contribution is 7.18. The molecule has 0 fully saturated rings. The van der Waals surface area contributed by atoms with Gasteiger partial charge in [-0.05, 0) is 49.2 Å². The van der Waals surface area contributed by atoms with Gasteiger partial charge < -0.3 is 15.6 Å². The van der Waals surface area contributed by atoms with Crippen molar-refractivity contribution in [1.82, 2.24) is 0 Å². The Morgan fingerprint density at radius 2 is 2.00 bits per heavy atom. The summed E-state index contributed by atoms with van der Waals surface area (Å²) >= 11 is 1.20. The van der Waals surface area contributed by atoms with Gasteiger partial charge in [0.15, 0.2) is 0 Å². The molecule has 0 amide bonds. The normalized spacial score (nSPS) is 10.4. The first kappa shape index (κ1) is 13.4. The molecule has 0 unspecified atom stereocenters. The molecule has 4 nitrogen and oxygen atoms in total. The Hall–Kier alpha value is -2.01. The van der Waals surface area contributed by atoms with Crippen LogP contribution in [-0.2, 0) is 0 Å². The monoisotopic (exact) mass is 277 g/mol. The van der Waals surface area contributed by atoms with Crippen molar-refractivity contribution in [2.24, 2.45) is 0 Å². The van der Waals surface area contributed by atoms with Gasteiger partial charge in [0.05, 0.1) is 12.3 Å². The molecule has 3 N–H and O–H groups in total. The number of hydrogen-bond acceptors (Lipinski definition) is 4. The number of aromatic carboxylic acids is 1. The molecule has 5 heteroatoms. The molecule has 0 saturated carbocycles. The molecule has 0 radical (unpaired) electrons. The first-order valence-corrected chi connectivity index (χ1v) is 6.71. The fraction of sp³-hybridized carbons (Fsp3) is 0.214. The van der Waals surface area contributed by atoms with Crippen molar-refractivity contribution < 1.29 is 14.6 Å². The average molecular weight is 277 g/mol. The smallest absolute Gasteiger partial charge is 0.348 e. The van der Waals surface area contributed by atoms with Gasteiger partial charge in [0, 0.05) is 4.88 Å². The molecule has 0 aliphatic rings. The van der Waals surface area contributed by atoms with Crippen LogP contribution in [0.3, 0.4) is 0 Å². The van der Waals surface area contributed by atoms with Crippen molar-refractivity contribution in [3.63, 3.8) is 0 Å². The quantitative estimate of drug-likeness (QED) is 0.898. The van der Waals surface area contributed by atoms with Gasteiger partial charge in [0.1, 0.15) is 10.6 Å². The molecular weight excluding hydrogens is 262 g/mol. The lowest BCUT2D eigenvalue weighted by Gasteiger charge is -2.04. The maximum atomic E-state index is 11.1. The fourth-order valence-corrected chi connectivity index (χ4v) is 2.90. The lowest BCUT2D eigenvalue weighted by molar-refractivity contribution is 0.0703. The average Bonchev–Trinajstić information content (AvgIpc) is 2.68. The van der Waals surface area contributed by atoms with Crippen LogP contribution >= 0.6 is 11.3 Å². The topological polar surface area (TPSA) is 72.5 Å². The van der Waals surface area contributed by atoms with E-state index in [1.165, 1.54) is 11.3 Å². The van der Waals surface area contributed by atoms with E-state index in [0.29, 0.717) is 12.3 Å². The molecule has 1 heterocycles. The van der Waals surface area contributed by atoms with Crippen molar-refractivity contribution in [3.05, 3.63) is 34.7 Å². The Bertz CT molecular complexity index is 602. The summed E-state index contributed by atoms with van der Waals surface area (Å²) in [5, 5.41) is 9.07. The largest absolute Gasteiger partial charge is 0.494 e. The van der Waals surface area contributed by atoms with Crippen LogP contribution in [0.4, 0.5) is 5.69 Å². The number of carboxylic acids is 1. The van der Waals surface area contributed by atoms with Crippen molar-refractivity contribution in [2.75, 3.05) is 12.3 Å². The number of nitrogens with two attached hydrogens (primary N) is 1. The van der Waals surface area contributed by atoms with Crippen LogP contribution in [0.2, 0.25) is 0 Å². The van der Waals surface area contributed by atoms with E-state index in [1.807, 2.05) is 38.1 Å². The molecule has 2 rings (SSSR count). The molecule has 1 aromatic heterocycles. The van der Waals surface area contributed by atoms with Crippen LogP contribution in [0.25, 0.3) is 10.4 Å². The van der Waals surface area contributed by atoms with E-state index in [9.17, 15) is 4.79 Å². The molecule has 0 saturated heterocycles. The third kappa shape index (κ3) is 2.56. The van der Waals surface area contributed by atoms with Gasteiger partial charge in [0.2, 0.25) is 0 Å².